The van der Waals surface area contributed by atoms with E-state index in [4.69, 9.17) is 4.42 Å². The van der Waals surface area contributed by atoms with Gasteiger partial charge in [0.1, 0.15) is 5.76 Å². The molecule has 0 spiro atoms. The van der Waals surface area contributed by atoms with Crippen molar-refractivity contribution in [2.45, 2.75) is 0 Å². The molecule has 0 fully saturated rings. The van der Waals surface area contributed by atoms with Crippen LogP contribution in [0.15, 0.2) is 83.5 Å². The summed E-state index contributed by atoms with van der Waals surface area (Å²) in [5, 5.41) is 9.27. The van der Waals surface area contributed by atoms with Gasteiger partial charge in [-0.15, -0.1) is 0 Å². The van der Waals surface area contributed by atoms with Crippen LogP contribution in [0.4, 0.5) is 0 Å². The molecule has 104 valence electrons. The first-order valence-corrected chi connectivity index (χ1v) is 6.89. The van der Waals surface area contributed by atoms with Crippen LogP contribution in [0.3, 0.4) is 0 Å². The van der Waals surface area contributed by atoms with Crippen LogP contribution in [-0.4, -0.2) is 11.7 Å². The van der Waals surface area contributed by atoms with Crippen molar-refractivity contribution in [3.05, 3.63) is 90.2 Å². The fourth-order valence-electron chi connectivity index (χ4n) is 2.37. The Morgan fingerprint density at radius 3 is 2.19 bits per heavy atom. The van der Waals surface area contributed by atoms with Crippen molar-refractivity contribution < 1.29 is 9.52 Å². The molecule has 0 aliphatic rings. The second-order valence-electron chi connectivity index (χ2n) is 4.72. The first-order valence-electron chi connectivity index (χ1n) is 6.89. The Kier molecular flexibility index (Phi) is 3.99. The van der Waals surface area contributed by atoms with Gasteiger partial charge >= 0.3 is 0 Å². The lowest BCUT2D eigenvalue weighted by Crippen LogP contribution is -1.90. The summed E-state index contributed by atoms with van der Waals surface area (Å²) in [7, 11) is 0. The van der Waals surface area contributed by atoms with E-state index < -0.39 is 0 Å². The minimum Gasteiger partial charge on any atom is -0.464 e. The maximum absolute atomic E-state index is 9.27. The Balaban J connectivity index is 1.96. The second kappa shape index (κ2) is 6.25. The maximum Gasteiger partial charge on any atom is 0.133 e. The van der Waals surface area contributed by atoms with Crippen LogP contribution in [0.2, 0.25) is 0 Å². The molecule has 21 heavy (non-hydrogen) atoms. The lowest BCUT2D eigenvalue weighted by atomic mass is 9.96. The molecular weight excluding hydrogens is 260 g/mol. The van der Waals surface area contributed by atoms with E-state index in [1.54, 1.807) is 6.26 Å². The van der Waals surface area contributed by atoms with Gasteiger partial charge < -0.3 is 9.52 Å². The molecule has 1 N–H and O–H groups in total. The van der Waals surface area contributed by atoms with Crippen LogP contribution >= 0.6 is 0 Å². The average Bonchev–Trinajstić information content (AvgIpc) is 3.08. The highest BCUT2D eigenvalue weighted by Crippen LogP contribution is 2.26. The van der Waals surface area contributed by atoms with Crippen molar-refractivity contribution in [3.63, 3.8) is 0 Å². The summed E-state index contributed by atoms with van der Waals surface area (Å²) < 4.78 is 5.40. The molecule has 0 saturated carbocycles. The Hall–Kier alpha value is -2.58. The predicted octanol–water partition coefficient (Wildman–Crippen LogP) is 4.37. The lowest BCUT2D eigenvalue weighted by molar-refractivity contribution is 0.343. The van der Waals surface area contributed by atoms with E-state index in [0.29, 0.717) is 0 Å². The zero-order chi connectivity index (χ0) is 14.5. The molecule has 3 rings (SSSR count). The number of aliphatic hydroxyl groups is 1. The second-order valence-corrected chi connectivity index (χ2v) is 4.72. The van der Waals surface area contributed by atoms with Gasteiger partial charge in [0.2, 0.25) is 0 Å². The number of rotatable bonds is 4. The van der Waals surface area contributed by atoms with Crippen LogP contribution in [0, 0.1) is 0 Å². The van der Waals surface area contributed by atoms with Crippen molar-refractivity contribution in [1.82, 2.24) is 0 Å². The van der Waals surface area contributed by atoms with Gasteiger partial charge in [0, 0.05) is 5.56 Å². The van der Waals surface area contributed by atoms with Crippen molar-refractivity contribution in [2.24, 2.45) is 0 Å². The number of benzene rings is 2. The zero-order valence-electron chi connectivity index (χ0n) is 11.6. The van der Waals surface area contributed by atoms with E-state index >= 15 is 0 Å². The topological polar surface area (TPSA) is 33.4 Å². The van der Waals surface area contributed by atoms with Gasteiger partial charge in [0.05, 0.1) is 12.9 Å². The van der Waals surface area contributed by atoms with Gasteiger partial charge in [-0.2, -0.15) is 0 Å². The highest BCUT2D eigenvalue weighted by atomic mass is 16.3. The molecule has 2 nitrogen and oxygen atoms in total. The highest BCUT2D eigenvalue weighted by Gasteiger charge is 2.06. The molecule has 0 bridgehead atoms. The van der Waals surface area contributed by atoms with Crippen molar-refractivity contribution in [2.75, 3.05) is 6.61 Å². The van der Waals surface area contributed by atoms with E-state index in [0.717, 1.165) is 28.0 Å². The Bertz CT molecular complexity index is 708. The fourth-order valence-corrected chi connectivity index (χ4v) is 2.37. The van der Waals surface area contributed by atoms with E-state index in [9.17, 15) is 5.11 Å². The van der Waals surface area contributed by atoms with E-state index in [2.05, 4.69) is 0 Å². The normalized spacial score (nSPS) is 11.6. The predicted molar refractivity (Wildman–Crippen MR) is 84.8 cm³/mol. The third-order valence-electron chi connectivity index (χ3n) is 3.38. The van der Waals surface area contributed by atoms with Crippen LogP contribution in [0.5, 0.6) is 0 Å². The maximum atomic E-state index is 9.27. The molecular formula is C19H16O2. The zero-order valence-corrected chi connectivity index (χ0v) is 11.6. The molecule has 0 amide bonds. The first-order chi connectivity index (χ1) is 10.4. The summed E-state index contributed by atoms with van der Waals surface area (Å²) in [6, 6.07) is 22.0. The van der Waals surface area contributed by atoms with Gasteiger partial charge in [0.15, 0.2) is 0 Å². The molecule has 0 atom stereocenters. The molecule has 1 aromatic heterocycles. The number of furan rings is 1. The largest absolute Gasteiger partial charge is 0.464 e. The monoisotopic (exact) mass is 276 g/mol. The molecule has 0 unspecified atom stereocenters. The highest BCUT2D eigenvalue weighted by molar-refractivity contribution is 5.80. The molecule has 0 saturated heterocycles. The summed E-state index contributed by atoms with van der Waals surface area (Å²) >= 11 is 0. The quantitative estimate of drug-likeness (QED) is 0.767. The van der Waals surface area contributed by atoms with Crippen LogP contribution in [0.25, 0.3) is 16.9 Å². The van der Waals surface area contributed by atoms with Crippen LogP contribution < -0.4 is 0 Å². The Morgan fingerprint density at radius 2 is 1.57 bits per heavy atom. The van der Waals surface area contributed by atoms with Crippen molar-refractivity contribution in [3.8, 4) is 11.3 Å². The summed E-state index contributed by atoms with van der Waals surface area (Å²) in [4.78, 5) is 0. The SMILES string of the molecule is OC/C=C(/c1ccccc1)c1ccc(-c2ccco2)cc1. The van der Waals surface area contributed by atoms with Gasteiger partial charge in [-0.05, 0) is 28.8 Å². The van der Waals surface area contributed by atoms with Gasteiger partial charge in [-0.25, -0.2) is 0 Å². The molecule has 2 aromatic carbocycles. The minimum atomic E-state index is 0.0180. The minimum absolute atomic E-state index is 0.0180. The third-order valence-corrected chi connectivity index (χ3v) is 3.38. The number of aliphatic hydroxyl groups excluding tert-OH is 1. The van der Waals surface area contributed by atoms with Crippen LogP contribution in [0.1, 0.15) is 11.1 Å². The van der Waals surface area contributed by atoms with E-state index in [1.807, 2.05) is 72.8 Å². The molecule has 0 aliphatic carbocycles. The van der Waals surface area contributed by atoms with Gasteiger partial charge in [-0.3, -0.25) is 0 Å². The van der Waals surface area contributed by atoms with E-state index in [1.165, 1.54) is 0 Å². The Labute approximate surface area is 124 Å². The van der Waals surface area contributed by atoms with Crippen molar-refractivity contribution >= 4 is 5.57 Å². The van der Waals surface area contributed by atoms with Gasteiger partial charge in [0.25, 0.3) is 0 Å². The summed E-state index contributed by atoms with van der Waals surface area (Å²) in [5.74, 6) is 0.856. The molecule has 3 aromatic rings. The summed E-state index contributed by atoms with van der Waals surface area (Å²) in [6.07, 6.45) is 3.50. The van der Waals surface area contributed by atoms with E-state index in [-0.39, 0.29) is 6.61 Å². The lowest BCUT2D eigenvalue weighted by Gasteiger charge is -2.09. The number of hydrogen-bond donors (Lipinski definition) is 1. The molecule has 0 radical (unpaired) electrons. The number of hydrogen-bond acceptors (Lipinski definition) is 2. The average molecular weight is 276 g/mol. The molecule has 1 heterocycles. The first kappa shape index (κ1) is 13.4. The Morgan fingerprint density at radius 1 is 0.857 bits per heavy atom. The summed E-state index contributed by atoms with van der Waals surface area (Å²) in [5.41, 5.74) is 4.24. The summed E-state index contributed by atoms with van der Waals surface area (Å²) in [6.45, 7) is 0.0180. The fraction of sp³-hybridized carbons (Fsp3) is 0.0526. The molecule has 0 aliphatic heterocycles. The van der Waals surface area contributed by atoms with Crippen LogP contribution in [-0.2, 0) is 0 Å². The van der Waals surface area contributed by atoms with Crippen molar-refractivity contribution in [1.29, 1.82) is 0 Å². The smallest absolute Gasteiger partial charge is 0.133 e. The van der Waals surface area contributed by atoms with Gasteiger partial charge in [-0.1, -0.05) is 60.7 Å². The standard InChI is InChI=1S/C19H16O2/c20-13-12-18(15-5-2-1-3-6-15)16-8-10-17(11-9-16)19-7-4-14-21-19/h1-12,14,20H,13H2/b18-12-. The third kappa shape index (κ3) is 2.96. The molecule has 2 heteroatoms.